The van der Waals surface area contributed by atoms with Crippen molar-refractivity contribution in [3.05, 3.63) is 23.8 Å². The van der Waals surface area contributed by atoms with Crippen LogP contribution in [0.5, 0.6) is 0 Å². The van der Waals surface area contributed by atoms with E-state index in [9.17, 15) is 18.0 Å². The van der Waals surface area contributed by atoms with Gasteiger partial charge in [0.25, 0.3) is 5.91 Å². The van der Waals surface area contributed by atoms with Gasteiger partial charge in [-0.1, -0.05) is 6.92 Å². The Morgan fingerprint density at radius 3 is 2.44 bits per heavy atom. The van der Waals surface area contributed by atoms with E-state index in [4.69, 9.17) is 9.47 Å². The largest absolute Gasteiger partial charge is 0.418 e. The average Bonchev–Trinajstić information content (AvgIpc) is 2.57. The molecule has 1 amide bonds. The minimum Gasteiger partial charge on any atom is -0.372 e. The van der Waals surface area contributed by atoms with Gasteiger partial charge in [-0.25, -0.2) is 0 Å². The van der Waals surface area contributed by atoms with Crippen LogP contribution >= 0.6 is 0 Å². The molecule has 0 aliphatic carbocycles. The van der Waals surface area contributed by atoms with Crippen LogP contribution in [0.2, 0.25) is 0 Å². The maximum absolute atomic E-state index is 13.7. The first kappa shape index (κ1) is 21.5. The Bertz CT molecular complexity index is 642. The fourth-order valence-corrected chi connectivity index (χ4v) is 3.29. The molecule has 3 atom stereocenters. The summed E-state index contributed by atoms with van der Waals surface area (Å²) in [6.45, 7) is 8.32. The van der Waals surface area contributed by atoms with Gasteiger partial charge >= 0.3 is 6.18 Å². The number of carbonyl (C=O) groups is 1. The van der Waals surface area contributed by atoms with E-state index >= 15 is 0 Å². The summed E-state index contributed by atoms with van der Waals surface area (Å²) in [5.41, 5.74) is -0.575. The maximum atomic E-state index is 13.7. The Balaban J connectivity index is 2.29. The van der Waals surface area contributed by atoms with Crippen LogP contribution in [0.25, 0.3) is 0 Å². The maximum Gasteiger partial charge on any atom is 0.418 e. The molecule has 1 aromatic carbocycles. The van der Waals surface area contributed by atoms with Gasteiger partial charge < -0.3 is 19.7 Å². The number of morpholine rings is 1. The van der Waals surface area contributed by atoms with E-state index in [0.717, 1.165) is 6.07 Å². The second-order valence-electron chi connectivity index (χ2n) is 6.73. The normalized spacial score (nSPS) is 21.8. The molecular formula is C19H27F3N2O3. The van der Waals surface area contributed by atoms with Gasteiger partial charge in [-0.05, 0) is 45.4 Å². The number of nitrogens with zero attached hydrogens (tertiary/aromatic N) is 1. The number of benzene rings is 1. The topological polar surface area (TPSA) is 50.8 Å². The van der Waals surface area contributed by atoms with Crippen molar-refractivity contribution in [2.75, 3.05) is 29.9 Å². The lowest BCUT2D eigenvalue weighted by Crippen LogP contribution is -2.46. The molecule has 0 spiro atoms. The van der Waals surface area contributed by atoms with Crippen molar-refractivity contribution in [2.24, 2.45) is 0 Å². The minimum atomic E-state index is -4.54. The Hall–Kier alpha value is -1.80. The van der Waals surface area contributed by atoms with Gasteiger partial charge in [-0.3, -0.25) is 4.79 Å². The first-order valence-corrected chi connectivity index (χ1v) is 9.19. The van der Waals surface area contributed by atoms with Crippen LogP contribution in [0.3, 0.4) is 0 Å². The van der Waals surface area contributed by atoms with Crippen molar-refractivity contribution >= 4 is 17.3 Å². The highest BCUT2D eigenvalue weighted by molar-refractivity contribution is 5.94. The van der Waals surface area contributed by atoms with E-state index < -0.39 is 23.8 Å². The molecule has 0 saturated carbocycles. The molecule has 3 unspecified atom stereocenters. The Morgan fingerprint density at radius 2 is 1.93 bits per heavy atom. The zero-order chi connectivity index (χ0) is 20.2. The van der Waals surface area contributed by atoms with Crippen molar-refractivity contribution < 1.29 is 27.4 Å². The number of carbonyl (C=O) groups excluding carboxylic acids is 1. The highest BCUT2D eigenvalue weighted by atomic mass is 19.4. The van der Waals surface area contributed by atoms with E-state index in [-0.39, 0.29) is 23.6 Å². The van der Waals surface area contributed by atoms with Crippen LogP contribution in [0, 0.1) is 0 Å². The first-order valence-electron chi connectivity index (χ1n) is 9.19. The Kier molecular flexibility index (Phi) is 7.11. The molecule has 2 rings (SSSR count). The van der Waals surface area contributed by atoms with Crippen LogP contribution in [0.1, 0.15) is 39.7 Å². The van der Waals surface area contributed by atoms with E-state index in [1.54, 1.807) is 18.7 Å². The first-order chi connectivity index (χ1) is 12.7. The zero-order valence-electron chi connectivity index (χ0n) is 16.1. The third kappa shape index (κ3) is 5.59. The number of amides is 1. The minimum absolute atomic E-state index is 0.0966. The van der Waals surface area contributed by atoms with Gasteiger partial charge in [0.2, 0.25) is 0 Å². The predicted octanol–water partition coefficient (Wildman–Crippen LogP) is 4.07. The molecule has 1 N–H and O–H groups in total. The van der Waals surface area contributed by atoms with Gasteiger partial charge in [0.15, 0.2) is 0 Å². The Morgan fingerprint density at radius 1 is 1.30 bits per heavy atom. The standard InChI is InChI=1S/C19H27F3N2O3/c1-5-17(26-6-2)18(25)23-14-7-8-16(15(9-14)19(20,21)22)24-10-12(3)27-13(4)11-24/h7-9,12-13,17H,5-6,10-11H2,1-4H3,(H,23,25). The summed E-state index contributed by atoms with van der Waals surface area (Å²) in [5.74, 6) is -0.450. The summed E-state index contributed by atoms with van der Waals surface area (Å²) in [6.07, 6.45) is -5.11. The number of hydrogen-bond acceptors (Lipinski definition) is 4. The fourth-order valence-electron chi connectivity index (χ4n) is 3.29. The monoisotopic (exact) mass is 388 g/mol. The number of hydrogen-bond donors (Lipinski definition) is 1. The molecule has 1 fully saturated rings. The van der Waals surface area contributed by atoms with Gasteiger partial charge in [-0.2, -0.15) is 13.2 Å². The molecule has 8 heteroatoms. The summed E-state index contributed by atoms with van der Waals surface area (Å²) >= 11 is 0. The van der Waals surface area contributed by atoms with Crippen LogP contribution in [-0.2, 0) is 20.4 Å². The smallest absolute Gasteiger partial charge is 0.372 e. The summed E-state index contributed by atoms with van der Waals surface area (Å²) in [7, 11) is 0. The highest BCUT2D eigenvalue weighted by Crippen LogP contribution is 2.39. The molecule has 1 saturated heterocycles. The number of alkyl halides is 3. The van der Waals surface area contributed by atoms with Gasteiger partial charge in [0.1, 0.15) is 6.10 Å². The molecule has 0 bridgehead atoms. The van der Waals surface area contributed by atoms with Crippen molar-refractivity contribution in [1.82, 2.24) is 0 Å². The lowest BCUT2D eigenvalue weighted by molar-refractivity contribution is -0.137. The fraction of sp³-hybridized carbons (Fsp3) is 0.632. The van der Waals surface area contributed by atoms with E-state index in [1.165, 1.54) is 12.1 Å². The van der Waals surface area contributed by atoms with Crippen LogP contribution in [-0.4, -0.2) is 43.9 Å². The molecule has 1 aliphatic rings. The van der Waals surface area contributed by atoms with E-state index in [0.29, 0.717) is 26.1 Å². The van der Waals surface area contributed by atoms with Crippen molar-refractivity contribution in [1.29, 1.82) is 0 Å². The summed E-state index contributed by atoms with van der Waals surface area (Å²) in [6, 6.07) is 3.88. The molecule has 1 aliphatic heterocycles. The van der Waals surface area contributed by atoms with Crippen molar-refractivity contribution in [3.8, 4) is 0 Å². The molecule has 152 valence electrons. The molecule has 5 nitrogen and oxygen atoms in total. The van der Waals surface area contributed by atoms with E-state index in [2.05, 4.69) is 5.32 Å². The molecular weight excluding hydrogens is 361 g/mol. The number of ether oxygens (including phenoxy) is 2. The van der Waals surface area contributed by atoms with Gasteiger partial charge in [0.05, 0.1) is 17.8 Å². The second kappa shape index (κ2) is 8.93. The van der Waals surface area contributed by atoms with Crippen LogP contribution in [0.4, 0.5) is 24.5 Å². The Labute approximate surface area is 157 Å². The van der Waals surface area contributed by atoms with Gasteiger partial charge in [-0.15, -0.1) is 0 Å². The predicted molar refractivity (Wildman–Crippen MR) is 98.0 cm³/mol. The third-order valence-corrected chi connectivity index (χ3v) is 4.36. The molecule has 1 aromatic rings. The van der Waals surface area contributed by atoms with Crippen LogP contribution < -0.4 is 10.2 Å². The molecule has 1 heterocycles. The zero-order valence-corrected chi connectivity index (χ0v) is 16.1. The second-order valence-corrected chi connectivity index (χ2v) is 6.73. The van der Waals surface area contributed by atoms with Gasteiger partial charge in [0, 0.05) is 31.1 Å². The number of anilines is 2. The van der Waals surface area contributed by atoms with E-state index in [1.807, 2.05) is 13.8 Å². The molecule has 27 heavy (non-hydrogen) atoms. The van der Waals surface area contributed by atoms with Crippen molar-refractivity contribution in [3.63, 3.8) is 0 Å². The number of rotatable bonds is 6. The SMILES string of the molecule is CCOC(CC)C(=O)Nc1ccc(N2CC(C)OC(C)C2)c(C(F)(F)F)c1. The number of halogens is 3. The third-order valence-electron chi connectivity index (χ3n) is 4.36. The number of nitrogens with one attached hydrogen (secondary N) is 1. The van der Waals surface area contributed by atoms with Crippen molar-refractivity contribution in [2.45, 2.75) is 58.6 Å². The van der Waals surface area contributed by atoms with Crippen LogP contribution in [0.15, 0.2) is 18.2 Å². The summed E-state index contributed by atoms with van der Waals surface area (Å²) in [4.78, 5) is 13.9. The summed E-state index contributed by atoms with van der Waals surface area (Å²) in [5, 5.41) is 2.53. The average molecular weight is 388 g/mol. The molecule has 0 aromatic heterocycles. The lowest BCUT2D eigenvalue weighted by Gasteiger charge is -2.38. The summed E-state index contributed by atoms with van der Waals surface area (Å²) < 4.78 is 51.9. The highest BCUT2D eigenvalue weighted by Gasteiger charge is 2.37. The lowest BCUT2D eigenvalue weighted by atomic mass is 10.1. The molecule has 0 radical (unpaired) electrons. The quantitative estimate of drug-likeness (QED) is 0.798.